The monoisotopic (exact) mass is 378 g/mol. The Morgan fingerprint density at radius 3 is 2.56 bits per heavy atom. The molecule has 0 bridgehead atoms. The van der Waals surface area contributed by atoms with Crippen molar-refractivity contribution in [2.45, 2.75) is 25.7 Å². The summed E-state index contributed by atoms with van der Waals surface area (Å²) in [4.78, 5) is 15.4. The van der Waals surface area contributed by atoms with Crippen molar-refractivity contribution in [1.82, 2.24) is 19.9 Å². The highest BCUT2D eigenvalue weighted by Gasteiger charge is 2.29. The second kappa shape index (κ2) is 7.23. The normalized spacial score (nSPS) is 12.9. The number of carbonyl (C=O) groups excluding carboxylic acids is 1. The van der Waals surface area contributed by atoms with Crippen molar-refractivity contribution in [3.8, 4) is 0 Å². The minimum atomic E-state index is -4.39. The minimum absolute atomic E-state index is 0.241. The summed E-state index contributed by atoms with van der Waals surface area (Å²) in [6.45, 7) is 1.99. The van der Waals surface area contributed by atoms with Crippen LogP contribution in [0.5, 0.6) is 0 Å². The van der Waals surface area contributed by atoms with Crippen molar-refractivity contribution >= 4 is 23.2 Å². The predicted octanol–water partition coefficient (Wildman–Crippen LogP) is 2.46. The molecule has 0 aliphatic rings. The van der Waals surface area contributed by atoms with E-state index in [1.54, 1.807) is 23.6 Å². The number of aromatic nitrogens is 3. The predicted molar refractivity (Wildman–Crippen MR) is 93.2 cm³/mol. The number of primary amides is 1. The first-order chi connectivity index (χ1) is 12.7. The number of halogens is 3. The molecule has 142 valence electrons. The molecule has 2 heterocycles. The van der Waals surface area contributed by atoms with Gasteiger partial charge in [0, 0.05) is 12.2 Å². The largest absolute Gasteiger partial charge is 0.416 e. The van der Waals surface area contributed by atoms with Crippen LogP contribution in [0.4, 0.5) is 24.8 Å². The molecule has 0 aliphatic carbocycles. The molecule has 0 unspecified atom stereocenters. The Morgan fingerprint density at radius 2 is 1.93 bits per heavy atom. The topological polar surface area (TPSA) is 97.3 Å². The van der Waals surface area contributed by atoms with Gasteiger partial charge in [-0.2, -0.15) is 18.2 Å². The van der Waals surface area contributed by atoms with Gasteiger partial charge in [-0.3, -0.25) is 4.79 Å². The molecule has 3 aromatic rings. The van der Waals surface area contributed by atoms with Crippen LogP contribution in [0.2, 0.25) is 0 Å². The van der Waals surface area contributed by atoms with Gasteiger partial charge in [-0.25, -0.2) is 4.52 Å². The van der Waals surface area contributed by atoms with Gasteiger partial charge in [-0.15, -0.1) is 5.10 Å². The SMILES string of the molecule is C[C@@H](NCc1cccc2nc(Nc3ccc(C(F)(F)F)cc3)nn12)C(N)=O. The van der Waals surface area contributed by atoms with E-state index < -0.39 is 23.7 Å². The van der Waals surface area contributed by atoms with E-state index in [0.29, 0.717) is 17.9 Å². The lowest BCUT2D eigenvalue weighted by Crippen LogP contribution is -2.38. The molecule has 1 atom stereocenters. The third kappa shape index (κ3) is 4.34. The summed E-state index contributed by atoms with van der Waals surface area (Å²) in [6, 6.07) is 9.43. The zero-order valence-electron chi connectivity index (χ0n) is 14.3. The number of amides is 1. The quantitative estimate of drug-likeness (QED) is 0.612. The van der Waals surface area contributed by atoms with Gasteiger partial charge in [0.05, 0.1) is 17.3 Å². The number of pyridine rings is 1. The third-order valence-corrected chi connectivity index (χ3v) is 3.92. The molecule has 0 saturated heterocycles. The van der Waals surface area contributed by atoms with Gasteiger partial charge in [-0.1, -0.05) is 6.07 Å². The molecule has 10 heteroatoms. The van der Waals surface area contributed by atoms with E-state index >= 15 is 0 Å². The Bertz CT molecular complexity index is 951. The second-order valence-electron chi connectivity index (χ2n) is 5.93. The number of nitrogens with one attached hydrogen (secondary N) is 2. The highest BCUT2D eigenvalue weighted by atomic mass is 19.4. The van der Waals surface area contributed by atoms with Crippen LogP contribution in [-0.2, 0) is 17.5 Å². The smallest absolute Gasteiger partial charge is 0.368 e. The van der Waals surface area contributed by atoms with Crippen LogP contribution >= 0.6 is 0 Å². The Kier molecular flexibility index (Phi) is 5.00. The maximum Gasteiger partial charge on any atom is 0.416 e. The number of hydrogen-bond acceptors (Lipinski definition) is 5. The van der Waals surface area contributed by atoms with Crippen LogP contribution in [0, 0.1) is 0 Å². The molecule has 0 spiro atoms. The molecule has 7 nitrogen and oxygen atoms in total. The molecular formula is C17H17F3N6O. The number of anilines is 2. The van der Waals surface area contributed by atoms with E-state index in [9.17, 15) is 18.0 Å². The van der Waals surface area contributed by atoms with Gasteiger partial charge in [0.2, 0.25) is 11.9 Å². The Morgan fingerprint density at radius 1 is 1.22 bits per heavy atom. The molecule has 0 aliphatic heterocycles. The number of fused-ring (bicyclic) bond motifs is 1. The number of alkyl halides is 3. The molecule has 27 heavy (non-hydrogen) atoms. The lowest BCUT2D eigenvalue weighted by atomic mass is 10.2. The van der Waals surface area contributed by atoms with E-state index in [4.69, 9.17) is 5.73 Å². The number of rotatable bonds is 6. The fourth-order valence-corrected chi connectivity index (χ4v) is 2.38. The Labute approximate surface area is 152 Å². The molecule has 2 aromatic heterocycles. The van der Waals surface area contributed by atoms with Gasteiger partial charge in [0.1, 0.15) is 0 Å². The summed E-state index contributed by atoms with van der Waals surface area (Å²) in [5.74, 6) is -0.226. The van der Waals surface area contributed by atoms with Gasteiger partial charge in [-0.05, 0) is 43.3 Å². The average molecular weight is 378 g/mol. The van der Waals surface area contributed by atoms with Gasteiger partial charge >= 0.3 is 6.18 Å². The van der Waals surface area contributed by atoms with Crippen molar-refractivity contribution < 1.29 is 18.0 Å². The van der Waals surface area contributed by atoms with Gasteiger partial charge in [0.25, 0.3) is 0 Å². The van der Waals surface area contributed by atoms with E-state index in [1.807, 2.05) is 6.07 Å². The van der Waals surface area contributed by atoms with E-state index in [0.717, 1.165) is 17.8 Å². The summed E-state index contributed by atoms with van der Waals surface area (Å²) in [6.07, 6.45) is -4.39. The zero-order valence-corrected chi connectivity index (χ0v) is 14.3. The second-order valence-corrected chi connectivity index (χ2v) is 5.93. The Balaban J connectivity index is 1.78. The number of nitrogens with two attached hydrogens (primary N) is 1. The fourth-order valence-electron chi connectivity index (χ4n) is 2.38. The first kappa shape index (κ1) is 18.6. The van der Waals surface area contributed by atoms with Crippen molar-refractivity contribution in [3.63, 3.8) is 0 Å². The Hall–Kier alpha value is -3.14. The molecule has 0 fully saturated rings. The maximum atomic E-state index is 12.6. The van der Waals surface area contributed by atoms with Crippen molar-refractivity contribution in [3.05, 3.63) is 53.7 Å². The van der Waals surface area contributed by atoms with Gasteiger partial charge < -0.3 is 16.4 Å². The number of hydrogen-bond donors (Lipinski definition) is 3. The van der Waals surface area contributed by atoms with E-state index in [-0.39, 0.29) is 5.95 Å². The van der Waals surface area contributed by atoms with Gasteiger partial charge in [0.15, 0.2) is 5.65 Å². The van der Waals surface area contributed by atoms with Crippen molar-refractivity contribution in [1.29, 1.82) is 0 Å². The highest BCUT2D eigenvalue weighted by molar-refractivity contribution is 5.79. The number of benzene rings is 1. The van der Waals surface area contributed by atoms with Crippen LogP contribution in [0.25, 0.3) is 5.65 Å². The maximum absolute atomic E-state index is 12.6. The molecule has 0 radical (unpaired) electrons. The molecule has 0 saturated carbocycles. The molecular weight excluding hydrogens is 361 g/mol. The molecule has 4 N–H and O–H groups in total. The van der Waals surface area contributed by atoms with Crippen LogP contribution in [0.15, 0.2) is 42.5 Å². The van der Waals surface area contributed by atoms with Crippen LogP contribution < -0.4 is 16.4 Å². The number of nitrogens with zero attached hydrogens (tertiary/aromatic N) is 3. The van der Waals surface area contributed by atoms with E-state index in [1.165, 1.54) is 12.1 Å². The first-order valence-corrected chi connectivity index (χ1v) is 8.05. The van der Waals surface area contributed by atoms with Crippen molar-refractivity contribution in [2.75, 3.05) is 5.32 Å². The van der Waals surface area contributed by atoms with E-state index in [2.05, 4.69) is 20.7 Å². The third-order valence-electron chi connectivity index (χ3n) is 3.92. The molecule has 1 aromatic carbocycles. The molecule has 3 rings (SSSR count). The lowest BCUT2D eigenvalue weighted by molar-refractivity contribution is -0.137. The average Bonchev–Trinajstić information content (AvgIpc) is 3.02. The fraction of sp³-hybridized carbons (Fsp3) is 0.235. The van der Waals surface area contributed by atoms with Crippen LogP contribution in [-0.4, -0.2) is 26.5 Å². The summed E-state index contributed by atoms with van der Waals surface area (Å²) >= 11 is 0. The van der Waals surface area contributed by atoms with Crippen molar-refractivity contribution in [2.24, 2.45) is 5.73 Å². The first-order valence-electron chi connectivity index (χ1n) is 8.05. The van der Waals surface area contributed by atoms with Crippen LogP contribution in [0.3, 0.4) is 0 Å². The van der Waals surface area contributed by atoms with Crippen LogP contribution in [0.1, 0.15) is 18.2 Å². The summed E-state index contributed by atoms with van der Waals surface area (Å²) in [7, 11) is 0. The highest BCUT2D eigenvalue weighted by Crippen LogP contribution is 2.30. The zero-order chi connectivity index (χ0) is 19.6. The minimum Gasteiger partial charge on any atom is -0.368 e. The standard InChI is InChI=1S/C17H17F3N6O/c1-10(15(21)27)22-9-13-3-2-4-14-24-16(25-26(13)14)23-12-7-5-11(6-8-12)17(18,19)20/h2-8,10,22H,9H2,1H3,(H2,21,27)(H,23,25)/t10-/m1/s1. The summed E-state index contributed by atoms with van der Waals surface area (Å²) in [5.41, 5.74) is 6.22. The summed E-state index contributed by atoms with van der Waals surface area (Å²) < 4.78 is 39.5. The summed E-state index contributed by atoms with van der Waals surface area (Å²) in [5, 5.41) is 10.2. The molecule has 1 amide bonds. The lowest BCUT2D eigenvalue weighted by Gasteiger charge is -2.10. The number of carbonyl (C=O) groups is 1.